The molecule has 0 aliphatic carbocycles. The molecule has 0 radical (unpaired) electrons. The van der Waals surface area contributed by atoms with Crippen molar-refractivity contribution < 1.29 is 9.72 Å². The van der Waals surface area contributed by atoms with Crippen molar-refractivity contribution in [3.05, 3.63) is 69.8 Å². The minimum Gasteiger partial charge on any atom is -0.326 e. The molecule has 0 atom stereocenters. The van der Waals surface area contributed by atoms with E-state index in [0.717, 1.165) is 0 Å². The number of nitro groups is 1. The molecule has 6 heteroatoms. The van der Waals surface area contributed by atoms with Gasteiger partial charge in [-0.15, -0.1) is 0 Å². The molecule has 2 aromatic rings. The lowest BCUT2D eigenvalue weighted by atomic mass is 10.1. The number of nitrogens with one attached hydrogen (secondary N) is 1. The van der Waals surface area contributed by atoms with Crippen LogP contribution in [-0.4, -0.2) is 10.8 Å². The first kappa shape index (κ1) is 13.7. The number of anilines is 1. The third-order valence-electron chi connectivity index (χ3n) is 2.83. The second-order valence-corrected chi connectivity index (χ2v) is 4.09. The Morgan fingerprint density at radius 3 is 2.50 bits per heavy atom. The average molecular weight is 271 g/mol. The third kappa shape index (κ3) is 2.81. The molecule has 0 spiro atoms. The van der Waals surface area contributed by atoms with E-state index in [-0.39, 0.29) is 17.9 Å². The van der Waals surface area contributed by atoms with Gasteiger partial charge in [0.25, 0.3) is 11.6 Å². The monoisotopic (exact) mass is 271 g/mol. The van der Waals surface area contributed by atoms with Crippen molar-refractivity contribution in [3.8, 4) is 0 Å². The van der Waals surface area contributed by atoms with Crippen LogP contribution in [0.2, 0.25) is 0 Å². The molecule has 0 saturated heterocycles. The summed E-state index contributed by atoms with van der Waals surface area (Å²) in [5.41, 5.74) is 6.68. The molecule has 0 heterocycles. The van der Waals surface area contributed by atoms with Gasteiger partial charge < -0.3 is 11.1 Å². The quantitative estimate of drug-likeness (QED) is 0.658. The molecular weight excluding hydrogens is 258 g/mol. The lowest BCUT2D eigenvalue weighted by molar-refractivity contribution is -0.383. The summed E-state index contributed by atoms with van der Waals surface area (Å²) >= 11 is 0. The van der Waals surface area contributed by atoms with Gasteiger partial charge in [0.1, 0.15) is 5.69 Å². The molecule has 6 nitrogen and oxygen atoms in total. The summed E-state index contributed by atoms with van der Waals surface area (Å²) in [6.07, 6.45) is 0. The van der Waals surface area contributed by atoms with Crippen LogP contribution in [0.15, 0.2) is 48.5 Å². The first-order chi connectivity index (χ1) is 9.63. The van der Waals surface area contributed by atoms with Gasteiger partial charge >= 0.3 is 0 Å². The summed E-state index contributed by atoms with van der Waals surface area (Å²) in [5, 5.41) is 13.4. The van der Waals surface area contributed by atoms with Gasteiger partial charge in [-0.25, -0.2) is 0 Å². The van der Waals surface area contributed by atoms with Crippen LogP contribution < -0.4 is 11.1 Å². The number of para-hydroxylation sites is 2. The number of carbonyl (C=O) groups is 1. The molecule has 0 saturated carbocycles. The number of hydrogen-bond acceptors (Lipinski definition) is 4. The normalized spacial score (nSPS) is 10.1. The maximum absolute atomic E-state index is 12.2. The third-order valence-corrected chi connectivity index (χ3v) is 2.83. The van der Waals surface area contributed by atoms with Crippen molar-refractivity contribution in [1.82, 2.24) is 0 Å². The average Bonchev–Trinajstić information content (AvgIpc) is 2.47. The van der Waals surface area contributed by atoms with E-state index in [9.17, 15) is 14.9 Å². The predicted octanol–water partition coefficient (Wildman–Crippen LogP) is 2.31. The van der Waals surface area contributed by atoms with Gasteiger partial charge in [-0.3, -0.25) is 14.9 Å². The van der Waals surface area contributed by atoms with E-state index in [1.165, 1.54) is 12.1 Å². The van der Waals surface area contributed by atoms with Crippen molar-refractivity contribution in [2.75, 3.05) is 5.32 Å². The predicted molar refractivity (Wildman–Crippen MR) is 75.4 cm³/mol. The highest BCUT2D eigenvalue weighted by atomic mass is 16.6. The molecule has 0 aromatic heterocycles. The second kappa shape index (κ2) is 5.94. The Morgan fingerprint density at radius 2 is 1.80 bits per heavy atom. The standard InChI is InChI=1S/C14H13N3O3/c15-9-10-5-1-2-6-11(10)14(18)16-12-7-3-4-8-13(12)17(19)20/h1-8H,9,15H2,(H,16,18). The number of amides is 1. The number of nitro benzene ring substituents is 1. The van der Waals surface area contributed by atoms with Crippen LogP contribution in [0, 0.1) is 10.1 Å². The fourth-order valence-corrected chi connectivity index (χ4v) is 1.85. The van der Waals surface area contributed by atoms with Crippen LogP contribution >= 0.6 is 0 Å². The molecule has 0 aliphatic heterocycles. The maximum atomic E-state index is 12.2. The van der Waals surface area contributed by atoms with Gasteiger partial charge in [0.2, 0.25) is 0 Å². The lowest BCUT2D eigenvalue weighted by Gasteiger charge is -2.09. The zero-order chi connectivity index (χ0) is 14.5. The first-order valence-corrected chi connectivity index (χ1v) is 5.96. The summed E-state index contributed by atoms with van der Waals surface area (Å²) in [5.74, 6) is -0.416. The zero-order valence-electron chi connectivity index (χ0n) is 10.6. The van der Waals surface area contributed by atoms with Gasteiger partial charge in [-0.1, -0.05) is 30.3 Å². The number of nitrogens with zero attached hydrogens (tertiary/aromatic N) is 1. The Labute approximate surface area is 115 Å². The molecule has 1 amide bonds. The Bertz CT molecular complexity index is 656. The number of nitrogens with two attached hydrogens (primary N) is 1. The second-order valence-electron chi connectivity index (χ2n) is 4.09. The van der Waals surface area contributed by atoms with Crippen molar-refractivity contribution in [3.63, 3.8) is 0 Å². The molecular formula is C14H13N3O3. The van der Waals surface area contributed by atoms with Gasteiger partial charge in [-0.2, -0.15) is 0 Å². The Morgan fingerprint density at radius 1 is 1.15 bits per heavy atom. The van der Waals surface area contributed by atoms with E-state index in [4.69, 9.17) is 5.73 Å². The molecule has 3 N–H and O–H groups in total. The molecule has 20 heavy (non-hydrogen) atoms. The van der Waals surface area contributed by atoms with E-state index < -0.39 is 10.8 Å². The molecule has 0 aliphatic rings. The molecule has 0 bridgehead atoms. The molecule has 2 rings (SSSR count). The summed E-state index contributed by atoms with van der Waals surface area (Å²) in [4.78, 5) is 22.5. The Balaban J connectivity index is 2.31. The minimum atomic E-state index is -0.537. The van der Waals surface area contributed by atoms with E-state index >= 15 is 0 Å². The molecule has 2 aromatic carbocycles. The van der Waals surface area contributed by atoms with Crippen LogP contribution in [0.1, 0.15) is 15.9 Å². The van der Waals surface area contributed by atoms with Crippen molar-refractivity contribution in [2.24, 2.45) is 5.73 Å². The zero-order valence-corrected chi connectivity index (χ0v) is 10.6. The van der Waals surface area contributed by atoms with Crippen LogP contribution in [0.3, 0.4) is 0 Å². The van der Waals surface area contributed by atoms with Crippen LogP contribution in [-0.2, 0) is 6.54 Å². The lowest BCUT2D eigenvalue weighted by Crippen LogP contribution is -2.16. The van der Waals surface area contributed by atoms with E-state index in [1.54, 1.807) is 36.4 Å². The topological polar surface area (TPSA) is 98.3 Å². The van der Waals surface area contributed by atoms with Crippen molar-refractivity contribution in [2.45, 2.75) is 6.54 Å². The number of rotatable bonds is 4. The van der Waals surface area contributed by atoms with Crippen molar-refractivity contribution >= 4 is 17.3 Å². The summed E-state index contributed by atoms with van der Waals surface area (Å²) < 4.78 is 0. The Kier molecular flexibility index (Phi) is 4.07. The van der Waals surface area contributed by atoms with Crippen molar-refractivity contribution in [1.29, 1.82) is 0 Å². The highest BCUT2D eigenvalue weighted by Crippen LogP contribution is 2.24. The molecule has 0 fully saturated rings. The minimum absolute atomic E-state index is 0.147. The van der Waals surface area contributed by atoms with Gasteiger partial charge in [0, 0.05) is 18.2 Å². The smallest absolute Gasteiger partial charge is 0.292 e. The van der Waals surface area contributed by atoms with Crippen LogP contribution in [0.25, 0.3) is 0 Å². The van der Waals surface area contributed by atoms with E-state index in [2.05, 4.69) is 5.32 Å². The maximum Gasteiger partial charge on any atom is 0.292 e. The summed E-state index contributed by atoms with van der Waals surface area (Å²) in [7, 11) is 0. The SMILES string of the molecule is NCc1ccccc1C(=O)Nc1ccccc1[N+](=O)[O-]. The highest BCUT2D eigenvalue weighted by Gasteiger charge is 2.16. The number of benzene rings is 2. The Hall–Kier alpha value is -2.73. The largest absolute Gasteiger partial charge is 0.326 e. The van der Waals surface area contributed by atoms with Gasteiger partial charge in [-0.05, 0) is 17.7 Å². The molecule has 102 valence electrons. The molecule has 0 unspecified atom stereocenters. The fraction of sp³-hybridized carbons (Fsp3) is 0.0714. The fourth-order valence-electron chi connectivity index (χ4n) is 1.85. The summed E-state index contributed by atoms with van der Waals surface area (Å²) in [6, 6.07) is 12.9. The van der Waals surface area contributed by atoms with Gasteiger partial charge in [0.05, 0.1) is 4.92 Å². The van der Waals surface area contributed by atoms with Crippen LogP contribution in [0.5, 0.6) is 0 Å². The first-order valence-electron chi connectivity index (χ1n) is 5.96. The summed E-state index contributed by atoms with van der Waals surface area (Å²) in [6.45, 7) is 0.223. The number of carbonyl (C=O) groups excluding carboxylic acids is 1. The van der Waals surface area contributed by atoms with Gasteiger partial charge in [0.15, 0.2) is 0 Å². The number of hydrogen-bond donors (Lipinski definition) is 2. The van der Waals surface area contributed by atoms with Crippen LogP contribution in [0.4, 0.5) is 11.4 Å². The van der Waals surface area contributed by atoms with E-state index in [1.807, 2.05) is 0 Å². The highest BCUT2D eigenvalue weighted by molar-refractivity contribution is 6.06. The van der Waals surface area contributed by atoms with E-state index in [0.29, 0.717) is 11.1 Å².